The fourth-order valence-electron chi connectivity index (χ4n) is 2.37. The van der Waals surface area contributed by atoms with Gasteiger partial charge in [-0.2, -0.15) is 13.2 Å². The Labute approximate surface area is 137 Å². The smallest absolute Gasteiger partial charge is 0.166 e. The van der Waals surface area contributed by atoms with Gasteiger partial charge in [-0.05, 0) is 46.5 Å². The first-order valence-electron chi connectivity index (χ1n) is 6.97. The van der Waals surface area contributed by atoms with E-state index in [9.17, 15) is 13.2 Å². The molecule has 0 atom stereocenters. The molecule has 0 radical (unpaired) electrons. The van der Waals surface area contributed by atoms with Crippen molar-refractivity contribution >= 4 is 11.6 Å². The van der Waals surface area contributed by atoms with Gasteiger partial charge in [0.05, 0.1) is 5.56 Å². The molecule has 0 fully saturated rings. The van der Waals surface area contributed by atoms with E-state index in [2.05, 4.69) is 0 Å². The Morgan fingerprint density at radius 3 is 1.61 bits per heavy atom. The lowest BCUT2D eigenvalue weighted by molar-refractivity contribution is -0.137. The van der Waals surface area contributed by atoms with E-state index in [0.717, 1.165) is 28.8 Å². The van der Waals surface area contributed by atoms with Crippen LogP contribution >= 0.6 is 11.6 Å². The van der Waals surface area contributed by atoms with E-state index in [1.165, 1.54) is 6.07 Å². The number of benzene rings is 3. The van der Waals surface area contributed by atoms with E-state index >= 15 is 0 Å². The monoisotopic (exact) mass is 332 g/mol. The van der Waals surface area contributed by atoms with Crippen LogP contribution in [0.5, 0.6) is 0 Å². The molecular formula is C19H12ClF3. The molecule has 0 bridgehead atoms. The lowest BCUT2D eigenvalue weighted by Crippen LogP contribution is -2.04. The zero-order valence-corrected chi connectivity index (χ0v) is 12.7. The largest absolute Gasteiger partial charge is 0.416 e. The number of hydrogen-bond acceptors (Lipinski definition) is 0. The minimum absolute atomic E-state index is 0.544. The van der Waals surface area contributed by atoms with E-state index in [4.69, 9.17) is 11.6 Å². The molecule has 0 spiro atoms. The van der Waals surface area contributed by atoms with Crippen molar-refractivity contribution in [3.8, 4) is 22.3 Å². The molecule has 4 heteroatoms. The predicted molar refractivity (Wildman–Crippen MR) is 87.3 cm³/mol. The van der Waals surface area contributed by atoms with Crippen molar-refractivity contribution in [3.05, 3.63) is 83.4 Å². The summed E-state index contributed by atoms with van der Waals surface area (Å²) in [6, 6.07) is 20.2. The van der Waals surface area contributed by atoms with Crippen LogP contribution in [0.2, 0.25) is 5.02 Å². The van der Waals surface area contributed by atoms with Crippen LogP contribution in [0.25, 0.3) is 22.3 Å². The van der Waals surface area contributed by atoms with Gasteiger partial charge in [-0.15, -0.1) is 0 Å². The minimum atomic E-state index is -4.33. The molecule has 0 unspecified atom stereocenters. The molecule has 0 nitrogen and oxygen atoms in total. The summed E-state index contributed by atoms with van der Waals surface area (Å²) in [5.41, 5.74) is 2.63. The van der Waals surface area contributed by atoms with Gasteiger partial charge in [-0.3, -0.25) is 0 Å². The Morgan fingerprint density at radius 2 is 1.09 bits per heavy atom. The molecule has 0 heterocycles. The number of rotatable bonds is 2. The standard InChI is InChI=1S/C19H12ClF3/c20-18-10-8-14(9-11-18)13-4-6-15(7-5-13)16-2-1-3-17(12-16)19(21,22)23/h1-12H. The molecule has 0 aliphatic carbocycles. The first kappa shape index (κ1) is 15.6. The zero-order chi connectivity index (χ0) is 16.4. The predicted octanol–water partition coefficient (Wildman–Crippen LogP) is 6.69. The van der Waals surface area contributed by atoms with Gasteiger partial charge in [0.1, 0.15) is 0 Å². The maximum absolute atomic E-state index is 12.8. The minimum Gasteiger partial charge on any atom is -0.166 e. The van der Waals surface area contributed by atoms with Crippen molar-refractivity contribution in [3.63, 3.8) is 0 Å². The molecule has 0 aromatic heterocycles. The first-order valence-corrected chi connectivity index (χ1v) is 7.35. The highest BCUT2D eigenvalue weighted by atomic mass is 35.5. The summed E-state index contributed by atoms with van der Waals surface area (Å²) in [6.45, 7) is 0. The maximum Gasteiger partial charge on any atom is 0.416 e. The van der Waals surface area contributed by atoms with E-state index in [1.54, 1.807) is 18.2 Å². The number of halogens is 4. The molecule has 116 valence electrons. The summed E-state index contributed by atoms with van der Waals surface area (Å²) in [6.07, 6.45) is -4.33. The molecule has 0 aliphatic heterocycles. The maximum atomic E-state index is 12.8. The second kappa shape index (κ2) is 6.09. The zero-order valence-electron chi connectivity index (χ0n) is 11.9. The van der Waals surface area contributed by atoms with Crippen LogP contribution in [-0.2, 0) is 6.18 Å². The van der Waals surface area contributed by atoms with Gasteiger partial charge in [-0.1, -0.05) is 60.1 Å². The number of hydrogen-bond donors (Lipinski definition) is 0. The SMILES string of the molecule is FC(F)(F)c1cccc(-c2ccc(-c3ccc(Cl)cc3)cc2)c1. The third-order valence-corrected chi connectivity index (χ3v) is 3.84. The molecular weight excluding hydrogens is 321 g/mol. The third-order valence-electron chi connectivity index (χ3n) is 3.59. The Bertz CT molecular complexity index is 803. The number of alkyl halides is 3. The summed E-state index contributed by atoms with van der Waals surface area (Å²) in [4.78, 5) is 0. The van der Waals surface area contributed by atoms with Crippen LogP contribution in [0, 0.1) is 0 Å². The Morgan fingerprint density at radius 1 is 0.609 bits per heavy atom. The fraction of sp³-hybridized carbons (Fsp3) is 0.0526. The Balaban J connectivity index is 1.92. The highest BCUT2D eigenvalue weighted by molar-refractivity contribution is 6.30. The van der Waals surface area contributed by atoms with Crippen LogP contribution < -0.4 is 0 Å². The summed E-state index contributed by atoms with van der Waals surface area (Å²) >= 11 is 5.86. The van der Waals surface area contributed by atoms with Gasteiger partial charge >= 0.3 is 6.18 Å². The second-order valence-electron chi connectivity index (χ2n) is 5.16. The van der Waals surface area contributed by atoms with Crippen LogP contribution in [0.1, 0.15) is 5.56 Å². The molecule has 0 N–H and O–H groups in total. The van der Waals surface area contributed by atoms with Crippen LogP contribution in [0.4, 0.5) is 13.2 Å². The van der Waals surface area contributed by atoms with Crippen LogP contribution in [0.15, 0.2) is 72.8 Å². The highest BCUT2D eigenvalue weighted by Gasteiger charge is 2.30. The normalized spacial score (nSPS) is 11.5. The summed E-state index contributed by atoms with van der Waals surface area (Å²) in [7, 11) is 0. The van der Waals surface area contributed by atoms with Gasteiger partial charge in [0, 0.05) is 5.02 Å². The van der Waals surface area contributed by atoms with Gasteiger partial charge in [0.25, 0.3) is 0 Å². The second-order valence-corrected chi connectivity index (χ2v) is 5.60. The molecule has 0 aliphatic rings. The lowest BCUT2D eigenvalue weighted by Gasteiger charge is -2.09. The average Bonchev–Trinajstić information content (AvgIpc) is 2.55. The lowest BCUT2D eigenvalue weighted by atomic mass is 9.99. The molecule has 3 aromatic carbocycles. The molecule has 3 aromatic rings. The van der Waals surface area contributed by atoms with E-state index in [-0.39, 0.29) is 0 Å². The van der Waals surface area contributed by atoms with E-state index in [0.29, 0.717) is 10.6 Å². The highest BCUT2D eigenvalue weighted by Crippen LogP contribution is 2.32. The van der Waals surface area contributed by atoms with Crippen molar-refractivity contribution in [2.45, 2.75) is 6.18 Å². The van der Waals surface area contributed by atoms with Crippen molar-refractivity contribution in [1.82, 2.24) is 0 Å². The van der Waals surface area contributed by atoms with E-state index in [1.807, 2.05) is 36.4 Å². The third kappa shape index (κ3) is 3.57. The van der Waals surface area contributed by atoms with Crippen LogP contribution in [0.3, 0.4) is 0 Å². The summed E-state index contributed by atoms with van der Waals surface area (Å²) in [5, 5.41) is 0.661. The Kier molecular flexibility index (Phi) is 4.14. The van der Waals surface area contributed by atoms with Crippen molar-refractivity contribution in [2.24, 2.45) is 0 Å². The van der Waals surface area contributed by atoms with E-state index < -0.39 is 11.7 Å². The van der Waals surface area contributed by atoms with Gasteiger partial charge in [0.15, 0.2) is 0 Å². The average molecular weight is 333 g/mol. The Hall–Kier alpha value is -2.26. The fourth-order valence-corrected chi connectivity index (χ4v) is 2.50. The molecule has 3 rings (SSSR count). The summed E-state index contributed by atoms with van der Waals surface area (Å²) in [5.74, 6) is 0. The molecule has 0 saturated carbocycles. The van der Waals surface area contributed by atoms with Gasteiger partial charge in [0.2, 0.25) is 0 Å². The first-order chi connectivity index (χ1) is 10.9. The quantitative estimate of drug-likeness (QED) is 0.490. The van der Waals surface area contributed by atoms with Crippen molar-refractivity contribution in [2.75, 3.05) is 0 Å². The molecule has 0 saturated heterocycles. The van der Waals surface area contributed by atoms with Crippen molar-refractivity contribution in [1.29, 1.82) is 0 Å². The summed E-state index contributed by atoms with van der Waals surface area (Å²) < 4.78 is 38.4. The van der Waals surface area contributed by atoms with Crippen LogP contribution in [-0.4, -0.2) is 0 Å². The van der Waals surface area contributed by atoms with Gasteiger partial charge < -0.3 is 0 Å². The molecule has 23 heavy (non-hydrogen) atoms. The topological polar surface area (TPSA) is 0 Å². The van der Waals surface area contributed by atoms with Crippen molar-refractivity contribution < 1.29 is 13.2 Å². The van der Waals surface area contributed by atoms with Gasteiger partial charge in [-0.25, -0.2) is 0 Å². The molecule has 0 amide bonds.